The summed E-state index contributed by atoms with van der Waals surface area (Å²) < 4.78 is 19.8. The van der Waals surface area contributed by atoms with Gasteiger partial charge in [-0.05, 0) is 53.4 Å². The highest BCUT2D eigenvalue weighted by atomic mass is 125. The summed E-state index contributed by atoms with van der Waals surface area (Å²) in [5, 5.41) is 3.79. The highest BCUT2D eigenvalue weighted by Gasteiger charge is 2.11. The van der Waals surface area contributed by atoms with Gasteiger partial charge in [-0.2, -0.15) is 4.39 Å². The van der Waals surface area contributed by atoms with Crippen LogP contribution in [0.5, 0.6) is 5.75 Å². The molecule has 0 atom stereocenters. The largest absolute Gasteiger partial charge is 0.487 e. The lowest BCUT2D eigenvalue weighted by Gasteiger charge is -2.20. The van der Waals surface area contributed by atoms with E-state index in [1.165, 1.54) is 6.20 Å². The number of carbonyl (C=O) groups excluding carboxylic acids is 1. The van der Waals surface area contributed by atoms with Crippen molar-refractivity contribution in [3.05, 3.63) is 58.1 Å². The minimum atomic E-state index is -0.615. The van der Waals surface area contributed by atoms with E-state index in [1.54, 1.807) is 30.6 Å². The van der Waals surface area contributed by atoms with Gasteiger partial charge in [0.05, 0.1) is 9.09 Å². The fourth-order valence-electron chi connectivity index (χ4n) is 2.75. The maximum atomic E-state index is 13.5. The van der Waals surface area contributed by atoms with Gasteiger partial charge in [0.25, 0.3) is 11.9 Å². The molecule has 3 aromatic heterocycles. The van der Waals surface area contributed by atoms with Crippen molar-refractivity contribution in [3.63, 3.8) is 0 Å². The van der Waals surface area contributed by atoms with Crippen molar-refractivity contribution in [2.75, 3.05) is 32.8 Å². The van der Waals surface area contributed by atoms with Crippen molar-refractivity contribution < 1.29 is 13.9 Å². The first kappa shape index (κ1) is 21.3. The molecule has 0 unspecified atom stereocenters. The van der Waals surface area contributed by atoms with E-state index in [-0.39, 0.29) is 11.7 Å². The zero-order valence-electron chi connectivity index (χ0n) is 15.9. The van der Waals surface area contributed by atoms with E-state index < -0.39 is 5.95 Å². The quantitative estimate of drug-likeness (QED) is 0.355. The highest BCUT2D eigenvalue weighted by molar-refractivity contribution is 14.1. The number of amides is 1. The van der Waals surface area contributed by atoms with Gasteiger partial charge in [0, 0.05) is 43.6 Å². The zero-order valence-corrected chi connectivity index (χ0v) is 18.1. The molecule has 0 saturated carbocycles. The molecule has 0 aliphatic heterocycles. The average Bonchev–Trinajstić information content (AvgIpc) is 2.74. The Hall–Kier alpha value is -2.40. The molecule has 3 heterocycles. The summed E-state index contributed by atoms with van der Waals surface area (Å²) in [6, 6.07) is 6.72. The van der Waals surface area contributed by atoms with Crippen LogP contribution in [0.3, 0.4) is 0 Å². The molecule has 0 spiro atoms. The first-order chi connectivity index (χ1) is 14.1. The van der Waals surface area contributed by atoms with Gasteiger partial charge < -0.3 is 10.1 Å². The van der Waals surface area contributed by atoms with Gasteiger partial charge in [-0.3, -0.25) is 14.7 Å². The van der Waals surface area contributed by atoms with Gasteiger partial charge in [-0.25, -0.2) is 9.97 Å². The lowest BCUT2D eigenvalue weighted by molar-refractivity contribution is 0.0942. The number of hydrogen-bond donors (Lipinski definition) is 1. The fourth-order valence-corrected chi connectivity index (χ4v) is 3.34. The molecular weight excluding hydrogens is 486 g/mol. The van der Waals surface area contributed by atoms with Gasteiger partial charge in [0.15, 0.2) is 5.75 Å². The molecule has 3 rings (SSSR count). The summed E-state index contributed by atoms with van der Waals surface area (Å²) in [6.45, 7) is 4.88. The molecular formula is C20H21FIN5O2. The van der Waals surface area contributed by atoms with Crippen LogP contribution >= 0.6 is 22.6 Å². The smallest absolute Gasteiger partial charge is 0.269 e. The van der Waals surface area contributed by atoms with Crippen LogP contribution < -0.4 is 10.1 Å². The molecule has 3 aromatic rings. The Morgan fingerprint density at radius 1 is 1.28 bits per heavy atom. The molecule has 0 aliphatic rings. The van der Waals surface area contributed by atoms with Crippen LogP contribution in [0.25, 0.3) is 10.9 Å². The second-order valence-corrected chi connectivity index (χ2v) is 7.38. The van der Waals surface area contributed by atoms with Crippen molar-refractivity contribution in [3.8, 4) is 5.75 Å². The minimum absolute atomic E-state index is 0.143. The summed E-state index contributed by atoms with van der Waals surface area (Å²) in [5.74, 6) is -0.690. The maximum Gasteiger partial charge on any atom is 0.269 e. The molecule has 9 heteroatoms. The van der Waals surface area contributed by atoms with Crippen LogP contribution in [0, 0.1) is 9.52 Å². The maximum absolute atomic E-state index is 13.5. The predicted molar refractivity (Wildman–Crippen MR) is 116 cm³/mol. The van der Waals surface area contributed by atoms with Gasteiger partial charge in [0.1, 0.15) is 12.3 Å². The van der Waals surface area contributed by atoms with E-state index >= 15 is 0 Å². The summed E-state index contributed by atoms with van der Waals surface area (Å²) in [6.07, 6.45) is 4.83. The summed E-state index contributed by atoms with van der Waals surface area (Å²) >= 11 is 2.16. The molecule has 29 heavy (non-hydrogen) atoms. The molecule has 0 saturated heterocycles. The number of rotatable bonds is 9. The number of nitrogens with zero attached hydrogens (tertiary/aromatic N) is 4. The zero-order chi connectivity index (χ0) is 20.6. The average molecular weight is 507 g/mol. The number of halogens is 2. The SMILES string of the molecule is CCN(CCNC(=O)c1ccc2cncc([125I])c2n1)CCOc1cccnc1F. The summed E-state index contributed by atoms with van der Waals surface area (Å²) in [7, 11) is 0. The van der Waals surface area contributed by atoms with Gasteiger partial charge in [-0.15, -0.1) is 0 Å². The Morgan fingerprint density at radius 2 is 2.14 bits per heavy atom. The number of ether oxygens (including phenoxy) is 1. The molecule has 0 aromatic carbocycles. The van der Waals surface area contributed by atoms with Crippen LogP contribution in [-0.4, -0.2) is 58.5 Å². The van der Waals surface area contributed by atoms with E-state index in [0.29, 0.717) is 31.9 Å². The third kappa shape index (κ3) is 5.80. The fraction of sp³-hybridized carbons (Fsp3) is 0.300. The lowest BCUT2D eigenvalue weighted by atomic mass is 10.2. The van der Waals surface area contributed by atoms with Crippen LogP contribution in [-0.2, 0) is 0 Å². The van der Waals surface area contributed by atoms with Crippen LogP contribution in [0.1, 0.15) is 17.4 Å². The van der Waals surface area contributed by atoms with Gasteiger partial charge in [-0.1, -0.05) is 6.92 Å². The Balaban J connectivity index is 1.47. The Bertz CT molecular complexity index is 988. The second-order valence-electron chi connectivity index (χ2n) is 6.22. The van der Waals surface area contributed by atoms with Gasteiger partial charge >= 0.3 is 0 Å². The van der Waals surface area contributed by atoms with E-state index in [9.17, 15) is 9.18 Å². The number of nitrogens with one attached hydrogen (secondary N) is 1. The van der Waals surface area contributed by atoms with E-state index in [2.05, 4.69) is 47.8 Å². The molecule has 1 N–H and O–H groups in total. The molecule has 1 amide bonds. The summed E-state index contributed by atoms with van der Waals surface area (Å²) in [5.41, 5.74) is 1.14. The number of carbonyl (C=O) groups is 1. The molecule has 7 nitrogen and oxygen atoms in total. The second kappa shape index (κ2) is 10.4. The van der Waals surface area contributed by atoms with Crippen molar-refractivity contribution in [2.24, 2.45) is 0 Å². The number of hydrogen-bond acceptors (Lipinski definition) is 6. The first-order valence-electron chi connectivity index (χ1n) is 9.22. The number of likely N-dealkylation sites (N-methyl/N-ethyl adjacent to an activating group) is 1. The monoisotopic (exact) mass is 507 g/mol. The summed E-state index contributed by atoms with van der Waals surface area (Å²) in [4.78, 5) is 26.7. The van der Waals surface area contributed by atoms with Crippen molar-refractivity contribution in [1.82, 2.24) is 25.2 Å². The van der Waals surface area contributed by atoms with Crippen LogP contribution in [0.2, 0.25) is 0 Å². The standard InChI is InChI=1S/C20H21FIN5O2/c1-2-27(10-11-29-17-4-3-7-24-19(17)21)9-8-25-20(28)16-6-5-14-12-23-13-15(22)18(14)26-16/h3-7,12-13H,2,8-11H2,1H3,(H,25,28)/i22-2. The Kier molecular flexibility index (Phi) is 7.64. The third-order valence-electron chi connectivity index (χ3n) is 4.34. The topological polar surface area (TPSA) is 80.2 Å². The lowest BCUT2D eigenvalue weighted by Crippen LogP contribution is -2.37. The highest BCUT2D eigenvalue weighted by Crippen LogP contribution is 2.17. The van der Waals surface area contributed by atoms with E-state index in [1.807, 2.05) is 13.0 Å². The van der Waals surface area contributed by atoms with Crippen LogP contribution in [0.4, 0.5) is 4.39 Å². The van der Waals surface area contributed by atoms with Gasteiger partial charge in [0.2, 0.25) is 0 Å². The number of pyridine rings is 3. The molecule has 0 aliphatic carbocycles. The van der Waals surface area contributed by atoms with Crippen molar-refractivity contribution in [1.29, 1.82) is 0 Å². The molecule has 0 fully saturated rings. The molecule has 0 radical (unpaired) electrons. The van der Waals surface area contributed by atoms with E-state index in [0.717, 1.165) is 21.0 Å². The predicted octanol–water partition coefficient (Wildman–Crippen LogP) is 2.90. The van der Waals surface area contributed by atoms with Crippen LogP contribution in [0.15, 0.2) is 42.9 Å². The van der Waals surface area contributed by atoms with E-state index in [4.69, 9.17) is 4.74 Å². The molecule has 152 valence electrons. The van der Waals surface area contributed by atoms with Crippen molar-refractivity contribution >= 4 is 39.4 Å². The Labute approximate surface area is 181 Å². The Morgan fingerprint density at radius 3 is 2.93 bits per heavy atom. The third-order valence-corrected chi connectivity index (χ3v) is 5.13. The normalized spacial score (nSPS) is 11.0. The first-order valence-corrected chi connectivity index (χ1v) is 10.3. The number of aromatic nitrogens is 3. The number of fused-ring (bicyclic) bond motifs is 1. The van der Waals surface area contributed by atoms with Crippen molar-refractivity contribution in [2.45, 2.75) is 6.92 Å². The minimum Gasteiger partial charge on any atom is -0.487 e. The molecule has 0 bridgehead atoms.